The second-order valence-electron chi connectivity index (χ2n) is 12.0. The van der Waals surface area contributed by atoms with Crippen molar-refractivity contribution in [3.8, 4) is 11.3 Å². The highest BCUT2D eigenvalue weighted by atomic mass is 19.1. The molecule has 0 radical (unpaired) electrons. The third-order valence-corrected chi connectivity index (χ3v) is 8.07. The molecule has 0 aliphatic carbocycles. The molecule has 212 valence electrons. The van der Waals surface area contributed by atoms with Gasteiger partial charge in [0, 0.05) is 87.0 Å². The molecule has 2 aliphatic heterocycles. The lowest BCUT2D eigenvalue weighted by molar-refractivity contribution is -0.126. The number of hydrogen-bond acceptors (Lipinski definition) is 7. The molecular formula is C31H35F2N3O4. The van der Waals surface area contributed by atoms with Crippen molar-refractivity contribution in [1.29, 1.82) is 0 Å². The van der Waals surface area contributed by atoms with Crippen molar-refractivity contribution in [2.75, 3.05) is 32.8 Å². The molecule has 0 bridgehead atoms. The van der Waals surface area contributed by atoms with Crippen molar-refractivity contribution in [3.63, 3.8) is 0 Å². The number of carbonyl (C=O) groups excluding carboxylic acids is 2. The number of ether oxygens (including phenoxy) is 1. The summed E-state index contributed by atoms with van der Waals surface area (Å²) in [5.41, 5.74) is 0.00392. The number of hydrogen-bond donors (Lipinski definition) is 0. The number of Topliss-reactive ketones (excluding diaryl/α,β-unsaturated/α-hetero) is 2. The van der Waals surface area contributed by atoms with Crippen molar-refractivity contribution in [3.05, 3.63) is 71.7 Å². The van der Waals surface area contributed by atoms with Gasteiger partial charge in [-0.3, -0.25) is 14.6 Å². The van der Waals surface area contributed by atoms with Gasteiger partial charge in [0.2, 0.25) is 0 Å². The number of aromatic nitrogens is 2. The maximum Gasteiger partial charge on any atom is 0.185 e. The van der Waals surface area contributed by atoms with Gasteiger partial charge in [-0.2, -0.15) is 0 Å². The Kier molecular flexibility index (Phi) is 8.24. The highest BCUT2D eigenvalue weighted by Gasteiger charge is 2.47. The Morgan fingerprint density at radius 1 is 1.07 bits per heavy atom. The van der Waals surface area contributed by atoms with Gasteiger partial charge in [-0.05, 0) is 43.0 Å². The zero-order chi connectivity index (χ0) is 28.3. The topological polar surface area (TPSA) is 85.5 Å². The molecule has 9 heteroatoms. The minimum absolute atomic E-state index is 0.0286. The zero-order valence-electron chi connectivity index (χ0n) is 23.0. The number of rotatable bonds is 11. The molecule has 2 fully saturated rings. The van der Waals surface area contributed by atoms with Crippen LogP contribution < -0.4 is 0 Å². The molecular weight excluding hydrogens is 516 g/mol. The normalized spacial score (nSPS) is 17.9. The van der Waals surface area contributed by atoms with Crippen molar-refractivity contribution < 1.29 is 27.6 Å². The Hall–Kier alpha value is -3.30. The highest BCUT2D eigenvalue weighted by molar-refractivity contribution is 5.96. The van der Waals surface area contributed by atoms with Crippen molar-refractivity contribution in [1.82, 2.24) is 15.0 Å². The van der Waals surface area contributed by atoms with Crippen LogP contribution in [0.25, 0.3) is 11.3 Å². The predicted octanol–water partition coefficient (Wildman–Crippen LogP) is 5.64. The standard InChI is InChI=1S/C31H35F2N3O4/c1-30(2,29-5-3-4-10-34-29)15-23(37)16-31(19-36(20-31)18-21-8-11-39-12-9-21)17-27(38)26-14-28(40-35-26)24-7-6-22(32)13-25(24)33/h3-7,10,13-14,21H,8-9,11-12,15-20H2,1-2H3. The molecule has 0 amide bonds. The summed E-state index contributed by atoms with van der Waals surface area (Å²) < 4.78 is 38.3. The van der Waals surface area contributed by atoms with E-state index in [0.717, 1.165) is 50.4 Å². The summed E-state index contributed by atoms with van der Waals surface area (Å²) in [7, 11) is 0. The first-order valence-electron chi connectivity index (χ1n) is 13.8. The molecule has 0 spiro atoms. The number of ketones is 2. The Balaban J connectivity index is 1.29. The molecule has 2 aromatic heterocycles. The van der Waals surface area contributed by atoms with E-state index in [9.17, 15) is 18.4 Å². The van der Waals surface area contributed by atoms with Crippen LogP contribution >= 0.6 is 0 Å². The fraction of sp³-hybridized carbons (Fsp3) is 0.484. The van der Waals surface area contributed by atoms with Gasteiger partial charge in [0.05, 0.1) is 5.56 Å². The molecule has 0 saturated carbocycles. The zero-order valence-corrected chi connectivity index (χ0v) is 23.0. The van der Waals surface area contributed by atoms with E-state index in [1.807, 2.05) is 32.0 Å². The Morgan fingerprint density at radius 3 is 2.55 bits per heavy atom. The molecule has 4 heterocycles. The number of nitrogens with zero attached hydrogens (tertiary/aromatic N) is 3. The van der Waals surface area contributed by atoms with Crippen LogP contribution in [0.5, 0.6) is 0 Å². The Labute approximate surface area is 232 Å². The maximum atomic E-state index is 14.3. The number of halogens is 2. The third-order valence-electron chi connectivity index (χ3n) is 8.07. The molecule has 7 nitrogen and oxygen atoms in total. The monoisotopic (exact) mass is 551 g/mol. The Bertz CT molecular complexity index is 1350. The molecule has 3 aromatic rings. The van der Waals surface area contributed by atoms with Crippen LogP contribution in [-0.4, -0.2) is 59.5 Å². The smallest absolute Gasteiger partial charge is 0.185 e. The molecule has 5 rings (SSSR count). The lowest BCUT2D eigenvalue weighted by atomic mass is 9.69. The van der Waals surface area contributed by atoms with Crippen LogP contribution in [-0.2, 0) is 14.9 Å². The highest BCUT2D eigenvalue weighted by Crippen LogP contribution is 2.41. The van der Waals surface area contributed by atoms with Gasteiger partial charge < -0.3 is 14.2 Å². The van der Waals surface area contributed by atoms with E-state index in [1.165, 1.54) is 12.1 Å². The van der Waals surface area contributed by atoms with Gasteiger partial charge in [0.15, 0.2) is 11.5 Å². The van der Waals surface area contributed by atoms with E-state index in [0.29, 0.717) is 25.4 Å². The predicted molar refractivity (Wildman–Crippen MR) is 145 cm³/mol. The number of likely N-dealkylation sites (tertiary alicyclic amines) is 1. The molecule has 2 saturated heterocycles. The second-order valence-corrected chi connectivity index (χ2v) is 12.0. The van der Waals surface area contributed by atoms with Gasteiger partial charge in [-0.1, -0.05) is 25.1 Å². The summed E-state index contributed by atoms with van der Waals surface area (Å²) in [4.78, 5) is 33.6. The minimum Gasteiger partial charge on any atom is -0.381 e. The lowest BCUT2D eigenvalue weighted by Gasteiger charge is -2.51. The summed E-state index contributed by atoms with van der Waals surface area (Å²) in [5.74, 6) is -1.08. The van der Waals surface area contributed by atoms with E-state index in [2.05, 4.69) is 15.0 Å². The fourth-order valence-electron chi connectivity index (χ4n) is 6.09. The molecule has 0 atom stereocenters. The van der Waals surface area contributed by atoms with E-state index in [-0.39, 0.29) is 41.4 Å². The maximum absolute atomic E-state index is 14.3. The average Bonchev–Trinajstić information content (AvgIpc) is 3.39. The van der Waals surface area contributed by atoms with E-state index < -0.39 is 22.5 Å². The van der Waals surface area contributed by atoms with Crippen LogP contribution in [0.2, 0.25) is 0 Å². The summed E-state index contributed by atoms with van der Waals surface area (Å²) in [5, 5.41) is 3.88. The molecule has 40 heavy (non-hydrogen) atoms. The van der Waals surface area contributed by atoms with Gasteiger partial charge in [0.25, 0.3) is 0 Å². The first-order chi connectivity index (χ1) is 19.1. The molecule has 1 aromatic carbocycles. The van der Waals surface area contributed by atoms with Gasteiger partial charge in [-0.25, -0.2) is 8.78 Å². The van der Waals surface area contributed by atoms with Gasteiger partial charge in [0.1, 0.15) is 23.1 Å². The Morgan fingerprint density at radius 2 is 1.85 bits per heavy atom. The van der Waals surface area contributed by atoms with Gasteiger partial charge >= 0.3 is 0 Å². The van der Waals surface area contributed by atoms with Gasteiger partial charge in [-0.15, -0.1) is 0 Å². The van der Waals surface area contributed by atoms with Crippen LogP contribution in [0.1, 0.15) is 62.1 Å². The second kappa shape index (κ2) is 11.7. The summed E-state index contributed by atoms with van der Waals surface area (Å²) in [6.07, 6.45) is 4.48. The summed E-state index contributed by atoms with van der Waals surface area (Å²) >= 11 is 0. The fourth-order valence-corrected chi connectivity index (χ4v) is 6.09. The van der Waals surface area contributed by atoms with E-state index in [1.54, 1.807) is 6.20 Å². The van der Waals surface area contributed by atoms with Crippen molar-refractivity contribution in [2.24, 2.45) is 11.3 Å². The largest absolute Gasteiger partial charge is 0.381 e. The summed E-state index contributed by atoms with van der Waals surface area (Å²) in [6, 6.07) is 10.2. The van der Waals surface area contributed by atoms with Crippen LogP contribution in [0.15, 0.2) is 53.2 Å². The van der Waals surface area contributed by atoms with Crippen LogP contribution in [0.3, 0.4) is 0 Å². The van der Waals surface area contributed by atoms with Crippen molar-refractivity contribution >= 4 is 11.6 Å². The first kappa shape index (κ1) is 28.2. The quantitative estimate of drug-likeness (QED) is 0.285. The lowest BCUT2D eigenvalue weighted by Crippen LogP contribution is -2.59. The molecule has 0 N–H and O–H groups in total. The van der Waals surface area contributed by atoms with E-state index >= 15 is 0 Å². The number of benzene rings is 1. The SMILES string of the molecule is CC(C)(CC(=O)CC1(CC(=O)c2cc(-c3ccc(F)cc3F)on2)CN(CC2CCOCC2)C1)c1ccccn1. The first-order valence-corrected chi connectivity index (χ1v) is 13.8. The number of pyridine rings is 1. The van der Waals surface area contributed by atoms with Crippen LogP contribution in [0.4, 0.5) is 8.78 Å². The minimum atomic E-state index is -0.796. The van der Waals surface area contributed by atoms with Crippen LogP contribution in [0, 0.1) is 23.0 Å². The number of carbonyl (C=O) groups is 2. The van der Waals surface area contributed by atoms with E-state index in [4.69, 9.17) is 9.26 Å². The molecule has 2 aliphatic rings. The van der Waals surface area contributed by atoms with Crippen molar-refractivity contribution in [2.45, 2.75) is 51.4 Å². The average molecular weight is 552 g/mol. The molecule has 0 unspecified atom stereocenters. The summed E-state index contributed by atoms with van der Waals surface area (Å²) in [6.45, 7) is 7.76. The third kappa shape index (κ3) is 6.53.